The van der Waals surface area contributed by atoms with Crippen LogP contribution in [0.25, 0.3) is 0 Å². The van der Waals surface area contributed by atoms with Crippen LogP contribution in [0.15, 0.2) is 23.9 Å². The molecule has 0 unspecified atom stereocenters. The van der Waals surface area contributed by atoms with Gasteiger partial charge in [0.05, 0.1) is 0 Å². The molecule has 1 amide bonds. The second-order valence-corrected chi connectivity index (χ2v) is 4.60. The van der Waals surface area contributed by atoms with Gasteiger partial charge in [-0.3, -0.25) is 4.79 Å². The fourth-order valence-electron chi connectivity index (χ4n) is 2.72. The van der Waals surface area contributed by atoms with Crippen LogP contribution in [0.3, 0.4) is 0 Å². The van der Waals surface area contributed by atoms with E-state index in [0.717, 1.165) is 25.0 Å². The molecule has 0 heterocycles. The average molecular weight is 191 g/mol. The Morgan fingerprint density at radius 1 is 1.50 bits per heavy atom. The van der Waals surface area contributed by atoms with Gasteiger partial charge >= 0.3 is 0 Å². The van der Waals surface area contributed by atoms with Gasteiger partial charge in [0.2, 0.25) is 5.91 Å². The van der Waals surface area contributed by atoms with Gasteiger partial charge in [-0.1, -0.05) is 18.2 Å². The second kappa shape index (κ2) is 3.60. The average Bonchev–Trinajstić information content (AvgIpc) is 1.99. The van der Waals surface area contributed by atoms with Crippen LogP contribution in [0.5, 0.6) is 0 Å². The smallest absolute Gasteiger partial charge is 0.220 e. The quantitative estimate of drug-likeness (QED) is 0.633. The topological polar surface area (TPSA) is 29.1 Å². The van der Waals surface area contributed by atoms with Gasteiger partial charge in [0, 0.05) is 12.6 Å². The summed E-state index contributed by atoms with van der Waals surface area (Å²) in [6.45, 7) is 5.64. The van der Waals surface area contributed by atoms with Crippen LogP contribution in [-0.4, -0.2) is 5.91 Å². The van der Waals surface area contributed by atoms with Gasteiger partial charge < -0.3 is 5.32 Å². The summed E-state index contributed by atoms with van der Waals surface area (Å²) in [5, 5.41) is 2.92. The maximum Gasteiger partial charge on any atom is 0.220 e. The molecule has 0 aromatic rings. The molecule has 2 heteroatoms. The SMILES string of the molecule is C=C1C[C@H]2C=C(NC(C)=O)C[C@H](C1)C2. The Hall–Kier alpha value is -1.05. The molecule has 1 N–H and O–H groups in total. The van der Waals surface area contributed by atoms with E-state index in [1.165, 1.54) is 12.0 Å². The number of amides is 1. The van der Waals surface area contributed by atoms with Crippen LogP contribution in [0.4, 0.5) is 0 Å². The van der Waals surface area contributed by atoms with Crippen molar-refractivity contribution in [3.63, 3.8) is 0 Å². The normalized spacial score (nSPS) is 30.9. The van der Waals surface area contributed by atoms with E-state index in [4.69, 9.17) is 0 Å². The zero-order valence-corrected chi connectivity index (χ0v) is 8.68. The monoisotopic (exact) mass is 191 g/mol. The predicted molar refractivity (Wildman–Crippen MR) is 56.5 cm³/mol. The summed E-state index contributed by atoms with van der Waals surface area (Å²) in [7, 11) is 0. The molecule has 0 spiro atoms. The molecule has 2 atom stereocenters. The summed E-state index contributed by atoms with van der Waals surface area (Å²) in [5.41, 5.74) is 2.51. The number of hydrogen-bond acceptors (Lipinski definition) is 1. The van der Waals surface area contributed by atoms with Crippen molar-refractivity contribution in [3.8, 4) is 0 Å². The Balaban J connectivity index is 2.08. The summed E-state index contributed by atoms with van der Waals surface area (Å²) in [6.07, 6.45) is 6.78. The van der Waals surface area contributed by atoms with E-state index in [2.05, 4.69) is 18.0 Å². The molecule has 14 heavy (non-hydrogen) atoms. The van der Waals surface area contributed by atoms with Gasteiger partial charge in [0.25, 0.3) is 0 Å². The molecule has 0 aromatic heterocycles. The summed E-state index contributed by atoms with van der Waals surface area (Å²) in [5.74, 6) is 1.39. The minimum Gasteiger partial charge on any atom is -0.330 e. The first-order chi connectivity index (χ1) is 6.63. The van der Waals surface area contributed by atoms with Gasteiger partial charge in [-0.05, 0) is 37.5 Å². The number of nitrogens with one attached hydrogen (secondary N) is 1. The Bertz CT molecular complexity index is 303. The zero-order chi connectivity index (χ0) is 10.1. The van der Waals surface area contributed by atoms with Gasteiger partial charge in [-0.2, -0.15) is 0 Å². The number of carbonyl (C=O) groups is 1. The highest BCUT2D eigenvalue weighted by atomic mass is 16.1. The van der Waals surface area contributed by atoms with Crippen molar-refractivity contribution in [1.29, 1.82) is 0 Å². The molecule has 2 rings (SSSR count). The lowest BCUT2D eigenvalue weighted by Gasteiger charge is -2.34. The van der Waals surface area contributed by atoms with Crippen molar-refractivity contribution < 1.29 is 4.79 Å². The molecular weight excluding hydrogens is 174 g/mol. The molecule has 1 fully saturated rings. The van der Waals surface area contributed by atoms with Gasteiger partial charge in [0.15, 0.2) is 0 Å². The number of hydrogen-bond donors (Lipinski definition) is 1. The lowest BCUT2D eigenvalue weighted by atomic mass is 9.73. The van der Waals surface area contributed by atoms with Crippen LogP contribution < -0.4 is 5.32 Å². The lowest BCUT2D eigenvalue weighted by molar-refractivity contribution is -0.118. The molecule has 0 radical (unpaired) electrons. The van der Waals surface area contributed by atoms with Crippen LogP contribution >= 0.6 is 0 Å². The number of fused-ring (bicyclic) bond motifs is 2. The molecule has 0 saturated heterocycles. The molecule has 0 aromatic carbocycles. The maximum atomic E-state index is 10.9. The molecule has 2 nitrogen and oxygen atoms in total. The highest BCUT2D eigenvalue weighted by Crippen LogP contribution is 2.39. The molecule has 2 bridgehead atoms. The van der Waals surface area contributed by atoms with Gasteiger partial charge in [-0.15, -0.1) is 0 Å². The number of carbonyl (C=O) groups excluding carboxylic acids is 1. The van der Waals surface area contributed by atoms with E-state index in [1.807, 2.05) is 0 Å². The molecule has 2 aliphatic carbocycles. The molecule has 1 saturated carbocycles. The van der Waals surface area contributed by atoms with E-state index >= 15 is 0 Å². The molecule has 0 aliphatic heterocycles. The highest BCUT2D eigenvalue weighted by molar-refractivity contribution is 5.74. The van der Waals surface area contributed by atoms with Crippen molar-refractivity contribution >= 4 is 5.91 Å². The van der Waals surface area contributed by atoms with Crippen molar-refractivity contribution in [2.45, 2.75) is 32.6 Å². The largest absolute Gasteiger partial charge is 0.330 e. The van der Waals surface area contributed by atoms with Crippen molar-refractivity contribution in [1.82, 2.24) is 5.32 Å². The van der Waals surface area contributed by atoms with Crippen LogP contribution in [-0.2, 0) is 4.79 Å². The molecule has 2 aliphatic rings. The lowest BCUT2D eigenvalue weighted by Crippen LogP contribution is -2.28. The summed E-state index contributed by atoms with van der Waals surface area (Å²) < 4.78 is 0. The van der Waals surface area contributed by atoms with Crippen molar-refractivity contribution in [2.24, 2.45) is 11.8 Å². The van der Waals surface area contributed by atoms with E-state index in [9.17, 15) is 4.79 Å². The third-order valence-electron chi connectivity index (χ3n) is 3.05. The zero-order valence-electron chi connectivity index (χ0n) is 8.68. The van der Waals surface area contributed by atoms with Crippen LogP contribution in [0, 0.1) is 11.8 Å². The first-order valence-corrected chi connectivity index (χ1v) is 5.28. The summed E-state index contributed by atoms with van der Waals surface area (Å²) in [4.78, 5) is 10.9. The minimum atomic E-state index is 0.0510. The van der Waals surface area contributed by atoms with E-state index in [-0.39, 0.29) is 5.91 Å². The highest BCUT2D eigenvalue weighted by Gasteiger charge is 2.28. The predicted octanol–water partition coefficient (Wildman–Crippen LogP) is 2.38. The first kappa shape index (κ1) is 9.50. The third kappa shape index (κ3) is 2.06. The standard InChI is InChI=1S/C12H17NO/c1-8-3-10-5-11(4-8)7-12(6-10)13-9(2)14/h6,10-11H,1,3-5,7H2,2H3,(H,13,14)/t10-,11-/m1/s1. The van der Waals surface area contributed by atoms with Gasteiger partial charge in [0.1, 0.15) is 0 Å². The number of allylic oxidation sites excluding steroid dienone is 3. The Labute approximate surface area is 85.1 Å². The Morgan fingerprint density at radius 3 is 2.93 bits per heavy atom. The fraction of sp³-hybridized carbons (Fsp3) is 0.583. The minimum absolute atomic E-state index is 0.0510. The Morgan fingerprint density at radius 2 is 2.29 bits per heavy atom. The van der Waals surface area contributed by atoms with E-state index in [0.29, 0.717) is 11.8 Å². The van der Waals surface area contributed by atoms with E-state index in [1.54, 1.807) is 6.92 Å². The number of rotatable bonds is 1. The van der Waals surface area contributed by atoms with E-state index < -0.39 is 0 Å². The van der Waals surface area contributed by atoms with Gasteiger partial charge in [-0.25, -0.2) is 0 Å². The van der Waals surface area contributed by atoms with Crippen molar-refractivity contribution in [2.75, 3.05) is 0 Å². The molecular formula is C12H17NO. The maximum absolute atomic E-state index is 10.9. The van der Waals surface area contributed by atoms with Crippen LogP contribution in [0.2, 0.25) is 0 Å². The van der Waals surface area contributed by atoms with Crippen LogP contribution in [0.1, 0.15) is 32.6 Å². The fourth-order valence-corrected chi connectivity index (χ4v) is 2.72. The van der Waals surface area contributed by atoms with Crippen molar-refractivity contribution in [3.05, 3.63) is 23.9 Å². The summed E-state index contributed by atoms with van der Waals surface area (Å²) >= 11 is 0. The second-order valence-electron chi connectivity index (χ2n) is 4.60. The molecule has 76 valence electrons. The summed E-state index contributed by atoms with van der Waals surface area (Å²) in [6, 6.07) is 0. The Kier molecular flexibility index (Phi) is 2.44. The third-order valence-corrected chi connectivity index (χ3v) is 3.05. The first-order valence-electron chi connectivity index (χ1n) is 5.28.